The highest BCUT2D eigenvalue weighted by atomic mass is 35.5. The van der Waals surface area contributed by atoms with Crippen LogP contribution in [-0.4, -0.2) is 31.0 Å². The minimum Gasteiger partial charge on any atom is -0.354 e. The Bertz CT molecular complexity index is 654. The first-order chi connectivity index (χ1) is 10.7. The van der Waals surface area contributed by atoms with Crippen molar-refractivity contribution in [3.8, 4) is 0 Å². The van der Waals surface area contributed by atoms with Crippen LogP contribution in [0, 0.1) is 0 Å². The van der Waals surface area contributed by atoms with Crippen LogP contribution < -0.4 is 5.32 Å². The van der Waals surface area contributed by atoms with Gasteiger partial charge < -0.3 is 10.2 Å². The van der Waals surface area contributed by atoms with E-state index in [2.05, 4.69) is 47.6 Å². The minimum absolute atomic E-state index is 0.0858. The maximum absolute atomic E-state index is 6.11. The number of likely N-dealkylation sites (N-methyl/N-ethyl adjacent to an activating group) is 1. The number of hydrogen-bond donors (Lipinski definition) is 1. The number of benzene rings is 2. The number of nitrogens with one attached hydrogen (secondary N) is 1. The Kier molecular flexibility index (Phi) is 4.64. The van der Waals surface area contributed by atoms with Crippen LogP contribution >= 0.6 is 11.6 Å². The molecule has 1 aliphatic heterocycles. The van der Waals surface area contributed by atoms with Crippen LogP contribution in [0.25, 0.3) is 0 Å². The average Bonchev–Trinajstić information content (AvgIpc) is 2.93. The van der Waals surface area contributed by atoms with Crippen LogP contribution in [0.15, 0.2) is 59.6 Å². The Hall–Kier alpha value is -2.00. The van der Waals surface area contributed by atoms with Gasteiger partial charge in [0.2, 0.25) is 0 Å². The smallest absolute Gasteiger partial charge is 0.194 e. The third kappa shape index (κ3) is 3.60. The van der Waals surface area contributed by atoms with E-state index in [4.69, 9.17) is 16.6 Å². The third-order valence-corrected chi connectivity index (χ3v) is 4.11. The van der Waals surface area contributed by atoms with Gasteiger partial charge in [-0.25, -0.2) is 4.99 Å². The Labute approximate surface area is 136 Å². The zero-order chi connectivity index (χ0) is 15.4. The first-order valence-corrected chi connectivity index (χ1v) is 7.92. The number of aliphatic imine (C=N–C) groups is 1. The van der Waals surface area contributed by atoms with Gasteiger partial charge in [-0.2, -0.15) is 0 Å². The number of halogens is 1. The van der Waals surface area contributed by atoms with E-state index in [1.165, 1.54) is 11.1 Å². The van der Waals surface area contributed by atoms with E-state index < -0.39 is 0 Å². The highest BCUT2D eigenvalue weighted by Gasteiger charge is 2.18. The summed E-state index contributed by atoms with van der Waals surface area (Å²) in [5, 5.41) is 4.12. The summed E-state index contributed by atoms with van der Waals surface area (Å²) >= 11 is 6.11. The molecular weight excluding hydrogens is 294 g/mol. The normalized spacial score (nSPS) is 17.5. The van der Waals surface area contributed by atoms with Crippen LogP contribution in [0.4, 0.5) is 0 Å². The Balaban J connectivity index is 1.89. The quantitative estimate of drug-likeness (QED) is 0.935. The molecule has 0 aromatic heterocycles. The molecule has 1 heterocycles. The predicted molar refractivity (Wildman–Crippen MR) is 92.4 cm³/mol. The van der Waals surface area contributed by atoms with Gasteiger partial charge in [0.05, 0.1) is 6.04 Å². The van der Waals surface area contributed by atoms with Crippen LogP contribution in [0.1, 0.15) is 17.2 Å². The molecule has 2 aromatic rings. The van der Waals surface area contributed by atoms with Crippen molar-refractivity contribution in [1.29, 1.82) is 0 Å². The van der Waals surface area contributed by atoms with Gasteiger partial charge in [-0.05, 0) is 29.7 Å². The zero-order valence-corrected chi connectivity index (χ0v) is 13.4. The molecule has 1 unspecified atom stereocenters. The second-order valence-corrected chi connectivity index (χ2v) is 6.00. The van der Waals surface area contributed by atoms with Crippen molar-refractivity contribution in [3.05, 3.63) is 70.7 Å². The van der Waals surface area contributed by atoms with E-state index in [9.17, 15) is 0 Å². The largest absolute Gasteiger partial charge is 0.354 e. The summed E-state index contributed by atoms with van der Waals surface area (Å²) in [7, 11) is 2.07. The van der Waals surface area contributed by atoms with Crippen LogP contribution in [-0.2, 0) is 6.42 Å². The highest BCUT2D eigenvalue weighted by molar-refractivity contribution is 6.30. The highest BCUT2D eigenvalue weighted by Crippen LogP contribution is 2.24. The van der Waals surface area contributed by atoms with Gasteiger partial charge in [0.25, 0.3) is 0 Å². The van der Waals surface area contributed by atoms with E-state index in [0.29, 0.717) is 0 Å². The molecule has 1 aliphatic rings. The van der Waals surface area contributed by atoms with Crippen molar-refractivity contribution in [3.63, 3.8) is 0 Å². The molecule has 22 heavy (non-hydrogen) atoms. The maximum Gasteiger partial charge on any atom is 0.194 e. The van der Waals surface area contributed by atoms with Gasteiger partial charge in [0.15, 0.2) is 5.96 Å². The van der Waals surface area contributed by atoms with Crippen molar-refractivity contribution in [2.24, 2.45) is 4.99 Å². The Morgan fingerprint density at radius 1 is 1.18 bits per heavy atom. The molecule has 1 fully saturated rings. The van der Waals surface area contributed by atoms with E-state index >= 15 is 0 Å². The van der Waals surface area contributed by atoms with Gasteiger partial charge >= 0.3 is 0 Å². The van der Waals surface area contributed by atoms with Gasteiger partial charge in [0, 0.05) is 25.2 Å². The minimum atomic E-state index is 0.0858. The molecule has 1 N–H and O–H groups in total. The van der Waals surface area contributed by atoms with E-state index in [1.807, 2.05) is 24.3 Å². The fourth-order valence-corrected chi connectivity index (χ4v) is 2.88. The van der Waals surface area contributed by atoms with E-state index in [1.54, 1.807) is 0 Å². The second-order valence-electron chi connectivity index (χ2n) is 5.56. The van der Waals surface area contributed by atoms with E-state index in [0.717, 1.165) is 30.5 Å². The number of nitrogens with zero attached hydrogens (tertiary/aromatic N) is 2. The number of hydrogen-bond acceptors (Lipinski definition) is 1. The molecule has 0 bridgehead atoms. The topological polar surface area (TPSA) is 27.6 Å². The standard InChI is InChI=1S/C18H20ClN3/c1-22-11-10-20-18(22)21-17(15-7-3-2-4-8-15)13-14-6-5-9-16(19)12-14/h2-9,12,17H,10-11,13H2,1H3,(H,20,21). The number of rotatable bonds is 4. The molecule has 4 heteroatoms. The van der Waals surface area contributed by atoms with Crippen molar-refractivity contribution in [1.82, 2.24) is 10.2 Å². The van der Waals surface area contributed by atoms with Gasteiger partial charge in [0.1, 0.15) is 0 Å². The molecule has 114 valence electrons. The SMILES string of the molecule is CN1CCN/C1=N\C(Cc1cccc(Cl)c1)c1ccccc1. The first-order valence-electron chi connectivity index (χ1n) is 7.54. The molecule has 3 nitrogen and oxygen atoms in total. The van der Waals surface area contributed by atoms with Crippen molar-refractivity contribution in [2.75, 3.05) is 20.1 Å². The maximum atomic E-state index is 6.11. The summed E-state index contributed by atoms with van der Waals surface area (Å²) in [6.45, 7) is 1.95. The first kappa shape index (κ1) is 14.9. The lowest BCUT2D eigenvalue weighted by Crippen LogP contribution is -2.27. The van der Waals surface area contributed by atoms with Gasteiger partial charge in [-0.3, -0.25) is 0 Å². The molecule has 2 aromatic carbocycles. The summed E-state index contributed by atoms with van der Waals surface area (Å²) < 4.78 is 0. The zero-order valence-electron chi connectivity index (χ0n) is 12.7. The molecule has 1 saturated heterocycles. The predicted octanol–water partition coefficient (Wildman–Crippen LogP) is 3.51. The Morgan fingerprint density at radius 2 is 2.00 bits per heavy atom. The lowest BCUT2D eigenvalue weighted by atomic mass is 9.99. The summed E-state index contributed by atoms with van der Waals surface area (Å²) in [6, 6.07) is 18.5. The van der Waals surface area contributed by atoms with Gasteiger partial charge in [-0.15, -0.1) is 0 Å². The number of guanidine groups is 1. The Morgan fingerprint density at radius 3 is 2.68 bits per heavy atom. The molecule has 1 atom stereocenters. The summed E-state index contributed by atoms with van der Waals surface area (Å²) in [4.78, 5) is 7.10. The lowest BCUT2D eigenvalue weighted by molar-refractivity contribution is 0.553. The summed E-state index contributed by atoms with van der Waals surface area (Å²) in [6.07, 6.45) is 0.837. The molecule has 0 amide bonds. The molecule has 0 saturated carbocycles. The van der Waals surface area contributed by atoms with Crippen molar-refractivity contribution < 1.29 is 0 Å². The summed E-state index contributed by atoms with van der Waals surface area (Å²) in [5.41, 5.74) is 2.42. The third-order valence-electron chi connectivity index (χ3n) is 3.87. The molecule has 3 rings (SSSR count). The van der Waals surface area contributed by atoms with Gasteiger partial charge in [-0.1, -0.05) is 54.1 Å². The van der Waals surface area contributed by atoms with Crippen molar-refractivity contribution in [2.45, 2.75) is 12.5 Å². The van der Waals surface area contributed by atoms with Crippen LogP contribution in [0.5, 0.6) is 0 Å². The molecular formula is C18H20ClN3. The fourth-order valence-electron chi connectivity index (χ4n) is 2.67. The molecule has 0 spiro atoms. The molecule has 0 radical (unpaired) electrons. The average molecular weight is 314 g/mol. The molecule has 0 aliphatic carbocycles. The summed E-state index contributed by atoms with van der Waals surface area (Å²) in [5.74, 6) is 0.968. The second kappa shape index (κ2) is 6.84. The fraction of sp³-hybridized carbons (Fsp3) is 0.278. The lowest BCUT2D eigenvalue weighted by Gasteiger charge is -2.17. The monoisotopic (exact) mass is 313 g/mol. The van der Waals surface area contributed by atoms with Crippen LogP contribution in [0.3, 0.4) is 0 Å². The van der Waals surface area contributed by atoms with E-state index in [-0.39, 0.29) is 6.04 Å². The van der Waals surface area contributed by atoms with Crippen molar-refractivity contribution >= 4 is 17.6 Å². The van der Waals surface area contributed by atoms with Crippen LogP contribution in [0.2, 0.25) is 5.02 Å².